The number of thioether (sulfide) groups is 1. The van der Waals surface area contributed by atoms with E-state index in [1.54, 1.807) is 35.3 Å². The number of carbonyl (C=O) groups excluding carboxylic acids is 2. The maximum Gasteiger partial charge on any atom is 0.267 e. The van der Waals surface area contributed by atoms with Gasteiger partial charge < -0.3 is 15.4 Å². The Morgan fingerprint density at radius 3 is 2.79 bits per heavy atom. The number of fused-ring (bicyclic) bond motifs is 1. The molecule has 0 spiro atoms. The van der Waals surface area contributed by atoms with Crippen molar-refractivity contribution in [2.75, 3.05) is 41.8 Å². The van der Waals surface area contributed by atoms with Crippen LogP contribution in [0.5, 0.6) is 5.75 Å². The number of ether oxygens (including phenoxy) is 1. The first kappa shape index (κ1) is 19.2. The minimum absolute atomic E-state index is 0.0245. The molecule has 2 N–H and O–H groups in total. The summed E-state index contributed by atoms with van der Waals surface area (Å²) in [5, 5.41) is 6.97. The molecule has 1 aromatic carbocycles. The van der Waals surface area contributed by atoms with Crippen molar-refractivity contribution < 1.29 is 22.7 Å². The zero-order valence-electron chi connectivity index (χ0n) is 14.6. The zero-order chi connectivity index (χ0) is 19.7. The highest BCUT2D eigenvalue weighted by molar-refractivity contribution is 7.99. The lowest BCUT2D eigenvalue weighted by molar-refractivity contribution is -0.118. The van der Waals surface area contributed by atoms with Gasteiger partial charge in [-0.05, 0) is 29.6 Å². The maximum absolute atomic E-state index is 12.9. The van der Waals surface area contributed by atoms with Crippen molar-refractivity contribution in [2.45, 2.75) is 4.90 Å². The van der Waals surface area contributed by atoms with Crippen molar-refractivity contribution >= 4 is 56.3 Å². The molecule has 28 heavy (non-hydrogen) atoms. The third kappa shape index (κ3) is 3.75. The van der Waals surface area contributed by atoms with Gasteiger partial charge in [0, 0.05) is 30.3 Å². The van der Waals surface area contributed by atoms with Gasteiger partial charge in [0.1, 0.15) is 15.5 Å². The van der Waals surface area contributed by atoms with Crippen molar-refractivity contribution in [2.24, 2.45) is 0 Å². The number of carbonyl (C=O) groups is 2. The van der Waals surface area contributed by atoms with Crippen LogP contribution in [0.15, 0.2) is 34.5 Å². The number of hydrogen-bond acceptors (Lipinski definition) is 7. The molecule has 1 aromatic heterocycles. The number of amides is 2. The molecule has 4 rings (SSSR count). The summed E-state index contributed by atoms with van der Waals surface area (Å²) in [4.78, 5) is 24.4. The molecule has 148 valence electrons. The second kappa shape index (κ2) is 7.74. The van der Waals surface area contributed by atoms with Crippen molar-refractivity contribution in [1.29, 1.82) is 0 Å². The summed E-state index contributed by atoms with van der Waals surface area (Å²) in [7, 11) is -3.72. The van der Waals surface area contributed by atoms with E-state index in [4.69, 9.17) is 4.74 Å². The van der Waals surface area contributed by atoms with E-state index in [-0.39, 0.29) is 22.3 Å². The van der Waals surface area contributed by atoms with Crippen molar-refractivity contribution in [1.82, 2.24) is 4.31 Å². The molecule has 0 atom stereocenters. The Hall–Kier alpha value is -2.08. The normalized spacial score (nSPS) is 17.4. The summed E-state index contributed by atoms with van der Waals surface area (Å²) in [5.74, 6) is 1.21. The van der Waals surface area contributed by atoms with E-state index in [9.17, 15) is 18.0 Å². The first-order valence-electron chi connectivity index (χ1n) is 8.48. The lowest BCUT2D eigenvalue weighted by atomic mass is 10.2. The highest BCUT2D eigenvalue weighted by atomic mass is 32.2. The van der Waals surface area contributed by atoms with Crippen LogP contribution in [-0.2, 0) is 14.8 Å². The molecular weight excluding hydrogens is 422 g/mol. The van der Waals surface area contributed by atoms with Crippen LogP contribution in [0.25, 0.3) is 0 Å². The number of rotatable bonds is 4. The molecule has 2 aromatic rings. The first-order valence-corrected chi connectivity index (χ1v) is 12.0. The Kier molecular flexibility index (Phi) is 5.32. The van der Waals surface area contributed by atoms with E-state index in [1.807, 2.05) is 0 Å². The summed E-state index contributed by atoms with van der Waals surface area (Å²) in [6.45, 7) is 0.826. The van der Waals surface area contributed by atoms with Crippen LogP contribution in [0.2, 0.25) is 0 Å². The van der Waals surface area contributed by atoms with E-state index >= 15 is 0 Å². The van der Waals surface area contributed by atoms with Crippen LogP contribution < -0.4 is 15.4 Å². The molecule has 0 radical (unpaired) electrons. The predicted molar refractivity (Wildman–Crippen MR) is 109 cm³/mol. The molecule has 0 unspecified atom stereocenters. The number of hydrogen-bond donors (Lipinski definition) is 2. The SMILES string of the molecule is O=C1COc2ccc(NC(=O)c3sccc3S(=O)(=O)N3CCSCC3)cc2N1. The molecule has 2 aliphatic rings. The van der Waals surface area contributed by atoms with E-state index in [0.717, 1.165) is 22.8 Å². The number of benzene rings is 1. The van der Waals surface area contributed by atoms with E-state index in [1.165, 1.54) is 10.4 Å². The fourth-order valence-electron chi connectivity index (χ4n) is 2.94. The minimum Gasteiger partial charge on any atom is -0.482 e. The van der Waals surface area contributed by atoms with Gasteiger partial charge in [-0.15, -0.1) is 11.3 Å². The number of nitrogens with zero attached hydrogens (tertiary/aromatic N) is 1. The summed E-state index contributed by atoms with van der Waals surface area (Å²) < 4.78 is 32.6. The summed E-state index contributed by atoms with van der Waals surface area (Å²) >= 11 is 2.79. The Labute approximate surface area is 170 Å². The molecule has 1 fully saturated rings. The topological polar surface area (TPSA) is 105 Å². The van der Waals surface area contributed by atoms with Gasteiger partial charge in [-0.2, -0.15) is 16.1 Å². The molecule has 0 aliphatic carbocycles. The standard InChI is InChI=1S/C17H17N3O5S3/c21-15-10-25-13-2-1-11(9-12(13)19-15)18-17(22)16-14(3-6-27-16)28(23,24)20-4-7-26-8-5-20/h1-3,6,9H,4-5,7-8,10H2,(H,18,22)(H,19,21). The Morgan fingerprint density at radius 1 is 1.21 bits per heavy atom. The van der Waals surface area contributed by atoms with Crippen LogP contribution >= 0.6 is 23.1 Å². The highest BCUT2D eigenvalue weighted by Gasteiger charge is 2.31. The molecule has 3 heterocycles. The highest BCUT2D eigenvalue weighted by Crippen LogP contribution is 2.32. The zero-order valence-corrected chi connectivity index (χ0v) is 17.1. The smallest absolute Gasteiger partial charge is 0.267 e. The predicted octanol–water partition coefficient (Wildman–Crippen LogP) is 2.07. The number of anilines is 2. The van der Waals surface area contributed by atoms with Gasteiger partial charge in [0.25, 0.3) is 11.8 Å². The van der Waals surface area contributed by atoms with Crippen LogP contribution in [0.3, 0.4) is 0 Å². The van der Waals surface area contributed by atoms with Crippen LogP contribution in [0.4, 0.5) is 11.4 Å². The molecule has 11 heteroatoms. The molecule has 1 saturated heterocycles. The quantitative estimate of drug-likeness (QED) is 0.756. The number of thiophene rings is 1. The second-order valence-corrected chi connectivity index (χ2v) is 10.2. The minimum atomic E-state index is -3.72. The van der Waals surface area contributed by atoms with Gasteiger partial charge in [-0.3, -0.25) is 9.59 Å². The fourth-order valence-corrected chi connectivity index (χ4v) is 6.81. The maximum atomic E-state index is 12.9. The summed E-state index contributed by atoms with van der Waals surface area (Å²) in [6, 6.07) is 6.32. The largest absolute Gasteiger partial charge is 0.482 e. The Bertz CT molecular complexity index is 1030. The number of sulfonamides is 1. The fraction of sp³-hybridized carbons (Fsp3) is 0.294. The van der Waals surface area contributed by atoms with E-state index in [0.29, 0.717) is 30.2 Å². The molecule has 2 aliphatic heterocycles. The number of nitrogens with one attached hydrogen (secondary N) is 2. The Balaban J connectivity index is 1.56. The molecular formula is C17H17N3O5S3. The summed E-state index contributed by atoms with van der Waals surface area (Å²) in [6.07, 6.45) is 0. The Morgan fingerprint density at radius 2 is 2.00 bits per heavy atom. The van der Waals surface area contributed by atoms with Gasteiger partial charge >= 0.3 is 0 Å². The molecule has 0 bridgehead atoms. The van der Waals surface area contributed by atoms with Gasteiger partial charge in [0.05, 0.1) is 5.69 Å². The van der Waals surface area contributed by atoms with Crippen molar-refractivity contribution in [3.63, 3.8) is 0 Å². The third-order valence-electron chi connectivity index (χ3n) is 4.29. The monoisotopic (exact) mass is 439 g/mol. The molecule has 2 amide bonds. The van der Waals surface area contributed by atoms with Gasteiger partial charge in [0.15, 0.2) is 6.61 Å². The van der Waals surface area contributed by atoms with Gasteiger partial charge in [0.2, 0.25) is 10.0 Å². The van der Waals surface area contributed by atoms with Crippen LogP contribution in [0, 0.1) is 0 Å². The van der Waals surface area contributed by atoms with Crippen LogP contribution in [-0.4, -0.2) is 55.7 Å². The van der Waals surface area contributed by atoms with Gasteiger partial charge in [-0.1, -0.05) is 0 Å². The third-order valence-corrected chi connectivity index (χ3v) is 8.22. The first-order chi connectivity index (χ1) is 13.4. The lowest BCUT2D eigenvalue weighted by Gasteiger charge is -2.25. The van der Waals surface area contributed by atoms with E-state index in [2.05, 4.69) is 10.6 Å². The average molecular weight is 440 g/mol. The van der Waals surface area contributed by atoms with Crippen molar-refractivity contribution in [3.8, 4) is 5.75 Å². The van der Waals surface area contributed by atoms with Crippen LogP contribution in [0.1, 0.15) is 9.67 Å². The summed E-state index contributed by atoms with van der Waals surface area (Å²) in [5.41, 5.74) is 0.888. The molecule has 0 saturated carbocycles. The lowest BCUT2D eigenvalue weighted by Crippen LogP contribution is -2.38. The second-order valence-electron chi connectivity index (χ2n) is 6.13. The van der Waals surface area contributed by atoms with Gasteiger partial charge in [-0.25, -0.2) is 8.42 Å². The van der Waals surface area contributed by atoms with Crippen molar-refractivity contribution in [3.05, 3.63) is 34.5 Å². The molecule has 8 nitrogen and oxygen atoms in total. The average Bonchev–Trinajstić information content (AvgIpc) is 3.19. The van der Waals surface area contributed by atoms with E-state index < -0.39 is 15.9 Å².